The summed E-state index contributed by atoms with van der Waals surface area (Å²) in [4.78, 5) is 4.25. The Labute approximate surface area is 193 Å². The van der Waals surface area contributed by atoms with Crippen LogP contribution in [-0.2, 0) is 0 Å². The summed E-state index contributed by atoms with van der Waals surface area (Å²) in [6.45, 7) is 3.72. The summed E-state index contributed by atoms with van der Waals surface area (Å²) in [7, 11) is 0. The fourth-order valence-electron chi connectivity index (χ4n) is 4.74. The summed E-state index contributed by atoms with van der Waals surface area (Å²) in [5, 5.41) is 0. The fraction of sp³-hybridized carbons (Fsp3) is 0.393. The molecule has 1 aromatic heterocycles. The van der Waals surface area contributed by atoms with Gasteiger partial charge < -0.3 is 0 Å². The third kappa shape index (κ3) is 4.97. The average molecular weight is 456 g/mol. The SMILES string of the molecule is CCC1=CCC(C2=CCC(CCC3=CCC(c4ccc(C)cn4)C(F)=C3F)C=C2)C(F)=C1F. The van der Waals surface area contributed by atoms with Gasteiger partial charge in [0.05, 0.1) is 11.6 Å². The zero-order chi connectivity index (χ0) is 23.5. The van der Waals surface area contributed by atoms with E-state index in [0.717, 1.165) is 11.1 Å². The number of aromatic nitrogens is 1. The molecule has 3 unspecified atom stereocenters. The second-order valence-electron chi connectivity index (χ2n) is 9.07. The summed E-state index contributed by atoms with van der Waals surface area (Å²) in [6, 6.07) is 3.60. The summed E-state index contributed by atoms with van der Waals surface area (Å²) in [6.07, 6.45) is 14.1. The van der Waals surface area contributed by atoms with Crippen LogP contribution in [0.25, 0.3) is 0 Å². The molecule has 0 aliphatic heterocycles. The normalized spacial score (nSPS) is 25.8. The molecule has 0 radical (unpaired) electrons. The molecule has 0 aromatic carbocycles. The van der Waals surface area contributed by atoms with Crippen LogP contribution in [0.4, 0.5) is 17.6 Å². The molecule has 174 valence electrons. The van der Waals surface area contributed by atoms with Crippen molar-refractivity contribution in [1.82, 2.24) is 4.98 Å². The lowest BCUT2D eigenvalue weighted by atomic mass is 9.82. The topological polar surface area (TPSA) is 12.9 Å². The first-order valence-corrected chi connectivity index (χ1v) is 11.7. The van der Waals surface area contributed by atoms with Crippen molar-refractivity contribution < 1.29 is 17.6 Å². The first-order valence-electron chi connectivity index (χ1n) is 11.7. The highest BCUT2D eigenvalue weighted by Gasteiger charge is 2.29. The number of halogens is 4. The van der Waals surface area contributed by atoms with Crippen LogP contribution in [0.2, 0.25) is 0 Å². The number of rotatable bonds is 6. The van der Waals surface area contributed by atoms with E-state index in [1.807, 2.05) is 38.1 Å². The van der Waals surface area contributed by atoms with Crippen molar-refractivity contribution in [3.63, 3.8) is 0 Å². The molecule has 5 heteroatoms. The van der Waals surface area contributed by atoms with Gasteiger partial charge in [-0.05, 0) is 79.7 Å². The van der Waals surface area contributed by atoms with Gasteiger partial charge in [-0.15, -0.1) is 0 Å². The van der Waals surface area contributed by atoms with Crippen molar-refractivity contribution in [2.45, 2.75) is 58.3 Å². The number of aryl methyl sites for hydroxylation is 1. The lowest BCUT2D eigenvalue weighted by Gasteiger charge is -2.25. The van der Waals surface area contributed by atoms with Crippen molar-refractivity contribution in [1.29, 1.82) is 0 Å². The first-order chi connectivity index (χ1) is 15.9. The van der Waals surface area contributed by atoms with Gasteiger partial charge in [0.15, 0.2) is 11.7 Å². The van der Waals surface area contributed by atoms with E-state index in [-0.39, 0.29) is 5.92 Å². The van der Waals surface area contributed by atoms with E-state index in [1.165, 1.54) is 0 Å². The van der Waals surface area contributed by atoms with Crippen LogP contribution < -0.4 is 0 Å². The molecule has 3 aliphatic carbocycles. The molecule has 0 fully saturated rings. The van der Waals surface area contributed by atoms with Crippen LogP contribution in [-0.4, -0.2) is 4.98 Å². The van der Waals surface area contributed by atoms with Gasteiger partial charge in [0.25, 0.3) is 0 Å². The summed E-state index contributed by atoms with van der Waals surface area (Å²) in [5.74, 6) is -4.01. The molecule has 0 saturated carbocycles. The number of allylic oxidation sites excluding steroid dienone is 12. The van der Waals surface area contributed by atoms with Crippen LogP contribution in [0.3, 0.4) is 0 Å². The molecule has 3 aliphatic rings. The smallest absolute Gasteiger partial charge is 0.158 e. The Balaban J connectivity index is 1.34. The molecular weight excluding hydrogens is 426 g/mol. The van der Waals surface area contributed by atoms with Gasteiger partial charge in [0, 0.05) is 12.1 Å². The van der Waals surface area contributed by atoms with Crippen molar-refractivity contribution in [3.8, 4) is 0 Å². The molecule has 1 aromatic rings. The van der Waals surface area contributed by atoms with Crippen molar-refractivity contribution >= 4 is 0 Å². The predicted octanol–water partition coefficient (Wildman–Crippen LogP) is 8.74. The van der Waals surface area contributed by atoms with Crippen molar-refractivity contribution in [3.05, 3.63) is 100.0 Å². The highest BCUT2D eigenvalue weighted by atomic mass is 19.2. The maximum Gasteiger partial charge on any atom is 0.158 e. The Hall–Kier alpha value is -2.69. The molecule has 0 spiro atoms. The van der Waals surface area contributed by atoms with Gasteiger partial charge in [-0.3, -0.25) is 4.98 Å². The minimum absolute atomic E-state index is 0.157. The average Bonchev–Trinajstić information content (AvgIpc) is 2.83. The van der Waals surface area contributed by atoms with Gasteiger partial charge in [-0.1, -0.05) is 43.4 Å². The molecule has 0 N–H and O–H groups in total. The zero-order valence-corrected chi connectivity index (χ0v) is 19.1. The molecule has 0 saturated heterocycles. The number of hydrogen-bond acceptors (Lipinski definition) is 1. The minimum Gasteiger partial charge on any atom is -0.260 e. The highest BCUT2D eigenvalue weighted by molar-refractivity contribution is 5.41. The van der Waals surface area contributed by atoms with Crippen LogP contribution in [0.5, 0.6) is 0 Å². The van der Waals surface area contributed by atoms with Gasteiger partial charge in [-0.2, -0.15) is 0 Å². The second-order valence-corrected chi connectivity index (χ2v) is 9.07. The van der Waals surface area contributed by atoms with Crippen LogP contribution in [0.15, 0.2) is 88.7 Å². The number of nitrogens with zero attached hydrogens (tertiary/aromatic N) is 1. The Kier molecular flexibility index (Phi) is 7.16. The maximum absolute atomic E-state index is 14.7. The Morgan fingerprint density at radius 1 is 0.879 bits per heavy atom. The van der Waals surface area contributed by atoms with E-state index < -0.39 is 35.1 Å². The van der Waals surface area contributed by atoms with Crippen LogP contribution >= 0.6 is 0 Å². The van der Waals surface area contributed by atoms with E-state index in [4.69, 9.17) is 0 Å². The third-order valence-electron chi connectivity index (χ3n) is 6.87. The van der Waals surface area contributed by atoms with Crippen LogP contribution in [0.1, 0.15) is 62.6 Å². The molecule has 33 heavy (non-hydrogen) atoms. The fourth-order valence-corrected chi connectivity index (χ4v) is 4.74. The maximum atomic E-state index is 14.7. The molecule has 0 amide bonds. The molecule has 4 rings (SSSR count). The highest BCUT2D eigenvalue weighted by Crippen LogP contribution is 2.41. The number of hydrogen-bond donors (Lipinski definition) is 0. The van der Waals surface area contributed by atoms with E-state index in [9.17, 15) is 17.6 Å². The monoisotopic (exact) mass is 455 g/mol. The second kappa shape index (κ2) is 10.1. The van der Waals surface area contributed by atoms with Gasteiger partial charge >= 0.3 is 0 Å². The van der Waals surface area contributed by atoms with E-state index in [0.29, 0.717) is 55.4 Å². The van der Waals surface area contributed by atoms with Gasteiger partial charge in [0.1, 0.15) is 11.7 Å². The van der Waals surface area contributed by atoms with Gasteiger partial charge in [-0.25, -0.2) is 17.6 Å². The quantitative estimate of drug-likeness (QED) is 0.391. The number of pyridine rings is 1. The molecule has 0 bridgehead atoms. The van der Waals surface area contributed by atoms with E-state index in [2.05, 4.69) is 4.98 Å². The summed E-state index contributed by atoms with van der Waals surface area (Å²) in [5.41, 5.74) is 3.14. The predicted molar refractivity (Wildman–Crippen MR) is 124 cm³/mol. The van der Waals surface area contributed by atoms with Gasteiger partial charge in [0.2, 0.25) is 0 Å². The summed E-state index contributed by atoms with van der Waals surface area (Å²) >= 11 is 0. The zero-order valence-electron chi connectivity index (χ0n) is 19.1. The molecular formula is C28H29F4N. The molecule has 1 heterocycles. The first kappa shape index (κ1) is 23.5. The van der Waals surface area contributed by atoms with Crippen LogP contribution in [0, 0.1) is 18.8 Å². The minimum atomic E-state index is -0.770. The van der Waals surface area contributed by atoms with E-state index in [1.54, 1.807) is 24.4 Å². The van der Waals surface area contributed by atoms with Crippen molar-refractivity contribution in [2.75, 3.05) is 0 Å². The summed E-state index contributed by atoms with van der Waals surface area (Å²) < 4.78 is 58.2. The lowest BCUT2D eigenvalue weighted by molar-refractivity contribution is 0.447. The Bertz CT molecular complexity index is 1090. The Morgan fingerprint density at radius 2 is 1.58 bits per heavy atom. The molecule has 3 atom stereocenters. The Morgan fingerprint density at radius 3 is 2.24 bits per heavy atom. The van der Waals surface area contributed by atoms with E-state index >= 15 is 0 Å². The third-order valence-corrected chi connectivity index (χ3v) is 6.87. The largest absolute Gasteiger partial charge is 0.260 e. The lowest BCUT2D eigenvalue weighted by Crippen LogP contribution is -2.13. The standard InChI is InChI=1S/C28H29F4N/c1-3-19-11-13-22(27(31)25(19)29)20-8-5-18(6-9-20)7-10-21-12-14-23(28(32)26(21)30)24-15-4-17(2)16-33-24/h4-5,8-9,11-12,15-16,18,22-23H,3,6-7,10,13-14H2,1-2H3. The van der Waals surface area contributed by atoms with Crippen molar-refractivity contribution in [2.24, 2.45) is 11.8 Å². The molecule has 1 nitrogen and oxygen atoms in total.